The Hall–Kier alpha value is -3.74. The molecular weight excluding hydrogens is 525 g/mol. The molecule has 8 nitrogen and oxygen atoms in total. The van der Waals surface area contributed by atoms with Crippen LogP contribution in [0.2, 0.25) is 0 Å². The number of hydrogen-bond donors (Lipinski definition) is 2. The molecule has 0 aliphatic carbocycles. The molecule has 2 aromatic carbocycles. The van der Waals surface area contributed by atoms with Gasteiger partial charge in [0.05, 0.1) is 12.1 Å². The molecule has 4 amide bonds. The quantitative estimate of drug-likeness (QED) is 0.515. The van der Waals surface area contributed by atoms with Gasteiger partial charge < -0.3 is 25.8 Å². The number of piperazine rings is 1. The first-order valence-corrected chi connectivity index (χ1v) is 12.4. The van der Waals surface area contributed by atoms with Gasteiger partial charge in [-0.2, -0.15) is 13.2 Å². The number of rotatable bonds is 7. The predicted octanol–water partition coefficient (Wildman–Crippen LogP) is 3.14. The first kappa shape index (κ1) is 28.3. The monoisotopic (exact) mass is 553 g/mol. The molecule has 0 bridgehead atoms. The molecule has 2 saturated heterocycles. The maximum Gasteiger partial charge on any atom is 0.416 e. The number of carbonyl (C=O) groups is 3. The number of nitrogens with two attached hydrogens (primary N) is 1. The number of hydrogen-bond acceptors (Lipinski definition) is 4. The van der Waals surface area contributed by atoms with E-state index in [1.54, 1.807) is 6.07 Å². The molecule has 0 radical (unpaired) electrons. The fourth-order valence-corrected chi connectivity index (χ4v) is 5.01. The molecule has 2 aromatic rings. The van der Waals surface area contributed by atoms with Crippen molar-refractivity contribution < 1.29 is 36.3 Å². The summed E-state index contributed by atoms with van der Waals surface area (Å²) in [6.45, 7) is -1.53. The Labute approximate surface area is 221 Å². The fraction of sp³-hybridized carbons (Fsp3) is 0.423. The van der Waals surface area contributed by atoms with E-state index < -0.39 is 48.4 Å². The number of benzene rings is 2. The molecule has 4 rings (SSSR count). The van der Waals surface area contributed by atoms with E-state index in [1.807, 2.05) is 0 Å². The van der Waals surface area contributed by atoms with Crippen molar-refractivity contribution in [1.82, 2.24) is 20.0 Å². The largest absolute Gasteiger partial charge is 0.416 e. The second kappa shape index (κ2) is 11.6. The molecule has 0 spiro atoms. The summed E-state index contributed by atoms with van der Waals surface area (Å²) in [4.78, 5) is 43.4. The van der Waals surface area contributed by atoms with Crippen molar-refractivity contribution in [2.75, 3.05) is 19.6 Å². The molecule has 2 aliphatic heterocycles. The van der Waals surface area contributed by atoms with Crippen LogP contribution in [-0.2, 0) is 35.5 Å². The van der Waals surface area contributed by atoms with Crippen molar-refractivity contribution in [3.63, 3.8) is 0 Å². The third-order valence-corrected chi connectivity index (χ3v) is 6.85. The summed E-state index contributed by atoms with van der Waals surface area (Å²) >= 11 is 0. The molecule has 2 fully saturated rings. The smallest absolute Gasteiger partial charge is 0.334 e. The Bertz CT molecular complexity index is 1240. The van der Waals surface area contributed by atoms with E-state index in [9.17, 15) is 36.3 Å². The highest BCUT2D eigenvalue weighted by molar-refractivity contribution is 5.91. The number of nitrogens with zero attached hydrogens (tertiary/aromatic N) is 3. The van der Waals surface area contributed by atoms with Crippen LogP contribution in [0.25, 0.3) is 0 Å². The first-order valence-electron chi connectivity index (χ1n) is 12.4. The van der Waals surface area contributed by atoms with E-state index in [-0.39, 0.29) is 68.2 Å². The van der Waals surface area contributed by atoms with Crippen LogP contribution in [0, 0.1) is 5.82 Å². The number of amides is 4. The van der Waals surface area contributed by atoms with Crippen molar-refractivity contribution in [1.29, 1.82) is 0 Å². The normalized spacial score (nSPS) is 19.8. The topological polar surface area (TPSA) is 99.0 Å². The minimum Gasteiger partial charge on any atom is -0.334 e. The average Bonchev–Trinajstić information content (AvgIpc) is 2.90. The Kier molecular flexibility index (Phi) is 8.38. The lowest BCUT2D eigenvalue weighted by Crippen LogP contribution is -2.72. The first-order chi connectivity index (χ1) is 18.5. The van der Waals surface area contributed by atoms with Gasteiger partial charge in [-0.05, 0) is 42.3 Å². The standard InChI is InChI=1S/C26H28F5N5O3/c27-12-16-9-17(11-19(10-16)26(29,30)31)13-33-25(39)35-8-6-23(37)36-21(5-7-32)24(38)34(15-22(35)36)14-18-3-1-2-4-20(18)28/h1-4,9-11,21-22H,5-8,12-15,32H2,(H,33,39)/t21-,22+/m0/s1. The number of alkyl halides is 4. The molecule has 0 aromatic heterocycles. The zero-order valence-electron chi connectivity index (χ0n) is 20.9. The van der Waals surface area contributed by atoms with Gasteiger partial charge in [0.25, 0.3) is 0 Å². The Balaban J connectivity index is 1.56. The van der Waals surface area contributed by atoms with Crippen LogP contribution in [-0.4, -0.2) is 64.4 Å². The van der Waals surface area contributed by atoms with Crippen LogP contribution in [0.3, 0.4) is 0 Å². The Morgan fingerprint density at radius 3 is 2.49 bits per heavy atom. The highest BCUT2D eigenvalue weighted by Gasteiger charge is 2.48. The van der Waals surface area contributed by atoms with Crippen LogP contribution in [0.15, 0.2) is 42.5 Å². The van der Waals surface area contributed by atoms with E-state index in [1.165, 1.54) is 39.0 Å². The Morgan fingerprint density at radius 2 is 1.82 bits per heavy atom. The maximum atomic E-state index is 14.3. The summed E-state index contributed by atoms with van der Waals surface area (Å²) in [6.07, 6.45) is -5.52. The lowest BCUT2D eigenvalue weighted by Gasteiger charge is -2.52. The van der Waals surface area contributed by atoms with Crippen LogP contribution in [0.5, 0.6) is 0 Å². The molecular formula is C26H28F5N5O3. The van der Waals surface area contributed by atoms with E-state index >= 15 is 0 Å². The van der Waals surface area contributed by atoms with E-state index in [0.29, 0.717) is 6.07 Å². The third-order valence-electron chi connectivity index (χ3n) is 6.85. The lowest BCUT2D eigenvalue weighted by atomic mass is 10.0. The van der Waals surface area contributed by atoms with Gasteiger partial charge in [-0.1, -0.05) is 24.3 Å². The van der Waals surface area contributed by atoms with Crippen molar-refractivity contribution in [2.24, 2.45) is 5.73 Å². The van der Waals surface area contributed by atoms with Crippen molar-refractivity contribution in [2.45, 2.75) is 51.0 Å². The van der Waals surface area contributed by atoms with Crippen molar-refractivity contribution in [3.8, 4) is 0 Å². The molecule has 210 valence electrons. The summed E-state index contributed by atoms with van der Waals surface area (Å²) in [5, 5.41) is 2.55. The predicted molar refractivity (Wildman–Crippen MR) is 130 cm³/mol. The Morgan fingerprint density at radius 1 is 1.10 bits per heavy atom. The number of halogens is 5. The van der Waals surface area contributed by atoms with Gasteiger partial charge in [0, 0.05) is 31.6 Å². The SMILES string of the molecule is NCC[C@H]1C(=O)N(Cc2ccccc2F)C[C@@H]2N(C(=O)NCc3cc(CF)cc(C(F)(F)F)c3)CCC(=O)N21. The van der Waals surface area contributed by atoms with Crippen LogP contribution in [0.1, 0.15) is 35.1 Å². The molecule has 2 heterocycles. The summed E-state index contributed by atoms with van der Waals surface area (Å²) < 4.78 is 67.2. The highest BCUT2D eigenvalue weighted by atomic mass is 19.4. The zero-order valence-corrected chi connectivity index (χ0v) is 20.9. The van der Waals surface area contributed by atoms with Gasteiger partial charge in [0.1, 0.15) is 24.7 Å². The number of carbonyl (C=O) groups excluding carboxylic acids is 3. The molecule has 3 N–H and O–H groups in total. The zero-order chi connectivity index (χ0) is 28.3. The molecule has 2 atom stereocenters. The van der Waals surface area contributed by atoms with E-state index in [0.717, 1.165) is 6.07 Å². The number of fused-ring (bicyclic) bond motifs is 1. The second-order valence-corrected chi connectivity index (χ2v) is 9.46. The van der Waals surface area contributed by atoms with E-state index in [2.05, 4.69) is 5.32 Å². The summed E-state index contributed by atoms with van der Waals surface area (Å²) in [6, 6.07) is 7.07. The fourth-order valence-electron chi connectivity index (χ4n) is 5.01. The summed E-state index contributed by atoms with van der Waals surface area (Å²) in [5.41, 5.74) is 4.82. The van der Waals surface area contributed by atoms with Gasteiger partial charge in [0.15, 0.2) is 0 Å². The molecule has 39 heavy (non-hydrogen) atoms. The summed E-state index contributed by atoms with van der Waals surface area (Å²) in [7, 11) is 0. The van der Waals surface area contributed by atoms with Gasteiger partial charge in [-0.15, -0.1) is 0 Å². The highest BCUT2D eigenvalue weighted by Crippen LogP contribution is 2.31. The van der Waals surface area contributed by atoms with Crippen LogP contribution >= 0.6 is 0 Å². The van der Waals surface area contributed by atoms with Gasteiger partial charge in [0.2, 0.25) is 11.8 Å². The molecule has 13 heteroatoms. The number of nitrogens with one attached hydrogen (secondary N) is 1. The van der Waals surface area contributed by atoms with E-state index in [4.69, 9.17) is 5.73 Å². The van der Waals surface area contributed by atoms with Crippen molar-refractivity contribution >= 4 is 17.8 Å². The minimum atomic E-state index is -4.69. The number of urea groups is 1. The van der Waals surface area contributed by atoms with Gasteiger partial charge in [-0.3, -0.25) is 9.59 Å². The average molecular weight is 554 g/mol. The summed E-state index contributed by atoms with van der Waals surface area (Å²) in [5.74, 6) is -1.27. The van der Waals surface area contributed by atoms with Crippen molar-refractivity contribution in [3.05, 3.63) is 70.5 Å². The molecule has 0 saturated carbocycles. The lowest BCUT2D eigenvalue weighted by molar-refractivity contribution is -0.167. The second-order valence-electron chi connectivity index (χ2n) is 9.46. The maximum absolute atomic E-state index is 14.3. The van der Waals surface area contributed by atoms with Crippen LogP contribution in [0.4, 0.5) is 26.7 Å². The van der Waals surface area contributed by atoms with Gasteiger partial charge >= 0.3 is 12.2 Å². The minimum absolute atomic E-state index is 0.00122. The molecule has 2 aliphatic rings. The van der Waals surface area contributed by atoms with Crippen LogP contribution < -0.4 is 11.1 Å². The third kappa shape index (κ3) is 6.13. The van der Waals surface area contributed by atoms with Gasteiger partial charge in [-0.25, -0.2) is 13.6 Å². The molecule has 0 unspecified atom stereocenters.